The van der Waals surface area contributed by atoms with Gasteiger partial charge in [0.1, 0.15) is 0 Å². The van der Waals surface area contributed by atoms with Crippen LogP contribution in [0.2, 0.25) is 0 Å². The van der Waals surface area contributed by atoms with Crippen molar-refractivity contribution in [2.24, 2.45) is 0 Å². The van der Waals surface area contributed by atoms with E-state index in [1.807, 2.05) is 25.3 Å². The summed E-state index contributed by atoms with van der Waals surface area (Å²) >= 11 is 1.73. The Balaban J connectivity index is 1.61. The summed E-state index contributed by atoms with van der Waals surface area (Å²) in [7, 11) is 0. The highest BCUT2D eigenvalue weighted by Gasteiger charge is 2.13. The summed E-state index contributed by atoms with van der Waals surface area (Å²) in [6.07, 6.45) is 15.2. The first kappa shape index (κ1) is 24.7. The Morgan fingerprint density at radius 3 is 2.74 bits per heavy atom. The zero-order valence-corrected chi connectivity index (χ0v) is 21.5. The maximum atomic E-state index is 4.71. The molecular formula is C30H32N4S. The molecule has 0 aliphatic carbocycles. The third-order valence-corrected chi connectivity index (χ3v) is 7.11. The molecule has 1 aliphatic heterocycles. The number of benzene rings is 1. The van der Waals surface area contributed by atoms with Crippen LogP contribution in [-0.2, 0) is 0 Å². The number of pyridine rings is 1. The standard InChI is InChI=1S/C30H32N4S/c1-6-28(23-12-14-31-15-13-23)35-22(5)26-17-25-16-24(10-11-27(25)32-18-26)30-29(33-19-34-30)21(4)9-7-8-20(2)3/h6-12,16-19,31H,2,5,13-15H2,1,3-4H3,(H,33,34)/b8-7-,21-9+,28-6-. The smallest absolute Gasteiger partial charge is 0.0932 e. The van der Waals surface area contributed by atoms with Gasteiger partial charge >= 0.3 is 0 Å². The topological polar surface area (TPSA) is 53.6 Å². The fraction of sp³-hybridized carbons (Fsp3) is 0.200. The van der Waals surface area contributed by atoms with Crippen molar-refractivity contribution in [1.82, 2.24) is 20.3 Å². The Labute approximate surface area is 212 Å². The second kappa shape index (κ2) is 11.3. The number of allylic oxidation sites excluding steroid dienone is 7. The normalized spacial score (nSPS) is 15.0. The van der Waals surface area contributed by atoms with E-state index in [1.54, 1.807) is 18.1 Å². The van der Waals surface area contributed by atoms with Crippen molar-refractivity contribution in [1.29, 1.82) is 0 Å². The van der Waals surface area contributed by atoms with Crippen LogP contribution in [0.4, 0.5) is 0 Å². The Bertz CT molecular complexity index is 1380. The van der Waals surface area contributed by atoms with Crippen LogP contribution in [0.5, 0.6) is 0 Å². The van der Waals surface area contributed by atoms with E-state index in [9.17, 15) is 0 Å². The Morgan fingerprint density at radius 2 is 2.00 bits per heavy atom. The van der Waals surface area contributed by atoms with Crippen molar-refractivity contribution in [2.45, 2.75) is 27.2 Å². The van der Waals surface area contributed by atoms with Gasteiger partial charge in [0.2, 0.25) is 0 Å². The van der Waals surface area contributed by atoms with Crippen LogP contribution in [0.15, 0.2) is 96.4 Å². The van der Waals surface area contributed by atoms with Gasteiger partial charge in [0.15, 0.2) is 0 Å². The lowest BCUT2D eigenvalue weighted by Crippen LogP contribution is -2.20. The average Bonchev–Trinajstić information content (AvgIpc) is 3.37. The second-order valence-electron chi connectivity index (χ2n) is 8.67. The van der Waals surface area contributed by atoms with E-state index in [0.717, 1.165) is 69.0 Å². The molecule has 0 spiro atoms. The number of aromatic nitrogens is 3. The van der Waals surface area contributed by atoms with Crippen molar-refractivity contribution < 1.29 is 0 Å². The predicted octanol–water partition coefficient (Wildman–Crippen LogP) is 7.69. The number of hydrogen-bond donors (Lipinski definition) is 2. The molecule has 1 aromatic carbocycles. The van der Waals surface area contributed by atoms with Gasteiger partial charge in [-0.2, -0.15) is 0 Å². The van der Waals surface area contributed by atoms with E-state index in [2.05, 4.69) is 84.8 Å². The number of aromatic amines is 1. The van der Waals surface area contributed by atoms with Crippen LogP contribution in [0.25, 0.3) is 32.6 Å². The van der Waals surface area contributed by atoms with Crippen LogP contribution >= 0.6 is 11.8 Å². The van der Waals surface area contributed by atoms with Crippen LogP contribution < -0.4 is 5.32 Å². The Hall–Kier alpha value is -3.41. The summed E-state index contributed by atoms with van der Waals surface area (Å²) < 4.78 is 0. The number of hydrogen-bond acceptors (Lipinski definition) is 4. The number of rotatable bonds is 8. The molecule has 1 aliphatic rings. The average molecular weight is 481 g/mol. The summed E-state index contributed by atoms with van der Waals surface area (Å²) in [6, 6.07) is 8.50. The summed E-state index contributed by atoms with van der Waals surface area (Å²) in [5.41, 5.74) is 8.50. The molecule has 0 unspecified atom stereocenters. The number of fused-ring (bicyclic) bond motifs is 1. The molecule has 35 heavy (non-hydrogen) atoms. The summed E-state index contributed by atoms with van der Waals surface area (Å²) in [6.45, 7) is 16.4. The van der Waals surface area contributed by atoms with Crippen LogP contribution in [0.1, 0.15) is 38.4 Å². The van der Waals surface area contributed by atoms with E-state index in [0.29, 0.717) is 0 Å². The number of imidazole rings is 1. The first-order valence-electron chi connectivity index (χ1n) is 11.8. The Kier molecular flexibility index (Phi) is 8.01. The van der Waals surface area contributed by atoms with Gasteiger partial charge < -0.3 is 10.3 Å². The van der Waals surface area contributed by atoms with Crippen molar-refractivity contribution >= 4 is 33.1 Å². The highest BCUT2D eigenvalue weighted by atomic mass is 32.2. The SMILES string of the molecule is C=C(C)/C=C\C=C(/C)c1nc[nH]c1-c1ccc2ncc(C(=C)S/C(=C\C)C3=CCNCC3)cc2c1. The van der Waals surface area contributed by atoms with Gasteiger partial charge in [-0.3, -0.25) is 4.98 Å². The molecule has 0 radical (unpaired) electrons. The molecule has 5 heteroatoms. The predicted molar refractivity (Wildman–Crippen MR) is 153 cm³/mol. The molecule has 0 fully saturated rings. The molecule has 0 saturated heterocycles. The molecule has 0 atom stereocenters. The molecule has 2 N–H and O–H groups in total. The van der Waals surface area contributed by atoms with Crippen molar-refractivity contribution in [2.75, 3.05) is 13.1 Å². The summed E-state index contributed by atoms with van der Waals surface area (Å²) in [4.78, 5) is 14.9. The second-order valence-corrected chi connectivity index (χ2v) is 9.81. The van der Waals surface area contributed by atoms with Gasteiger partial charge in [-0.15, -0.1) is 0 Å². The number of nitrogens with zero attached hydrogens (tertiary/aromatic N) is 2. The van der Waals surface area contributed by atoms with Crippen molar-refractivity contribution in [3.05, 3.63) is 108 Å². The van der Waals surface area contributed by atoms with E-state index in [1.165, 1.54) is 10.5 Å². The highest BCUT2D eigenvalue weighted by Crippen LogP contribution is 2.38. The van der Waals surface area contributed by atoms with Gasteiger partial charge in [-0.1, -0.05) is 66.9 Å². The molecular weight excluding hydrogens is 448 g/mol. The van der Waals surface area contributed by atoms with Gasteiger partial charge in [0.25, 0.3) is 0 Å². The molecule has 3 aromatic rings. The molecule has 0 amide bonds. The molecule has 0 saturated carbocycles. The minimum atomic E-state index is 0.925. The van der Waals surface area contributed by atoms with E-state index < -0.39 is 0 Å². The highest BCUT2D eigenvalue weighted by molar-refractivity contribution is 8.12. The van der Waals surface area contributed by atoms with E-state index in [4.69, 9.17) is 4.98 Å². The van der Waals surface area contributed by atoms with Gasteiger partial charge in [0, 0.05) is 39.1 Å². The number of nitrogens with one attached hydrogen (secondary N) is 2. The summed E-state index contributed by atoms with van der Waals surface area (Å²) in [5, 5.41) is 4.46. The quantitative estimate of drug-likeness (QED) is 0.325. The third kappa shape index (κ3) is 5.99. The van der Waals surface area contributed by atoms with Crippen LogP contribution in [-0.4, -0.2) is 28.0 Å². The van der Waals surface area contributed by atoms with Crippen LogP contribution in [0.3, 0.4) is 0 Å². The molecule has 2 aromatic heterocycles. The lowest BCUT2D eigenvalue weighted by Gasteiger charge is -2.17. The summed E-state index contributed by atoms with van der Waals surface area (Å²) in [5.74, 6) is 0. The molecule has 4 rings (SSSR count). The number of H-pyrrole nitrogens is 1. The lowest BCUT2D eigenvalue weighted by atomic mass is 10.0. The zero-order chi connectivity index (χ0) is 24.8. The zero-order valence-electron chi connectivity index (χ0n) is 20.7. The maximum Gasteiger partial charge on any atom is 0.0932 e. The van der Waals surface area contributed by atoms with E-state index >= 15 is 0 Å². The Morgan fingerprint density at radius 1 is 1.14 bits per heavy atom. The van der Waals surface area contributed by atoms with Gasteiger partial charge in [0.05, 0.1) is 23.2 Å². The first-order valence-corrected chi connectivity index (χ1v) is 12.7. The van der Waals surface area contributed by atoms with Crippen molar-refractivity contribution in [3.63, 3.8) is 0 Å². The molecule has 178 valence electrons. The number of thioether (sulfide) groups is 1. The molecule has 4 nitrogen and oxygen atoms in total. The lowest BCUT2D eigenvalue weighted by molar-refractivity contribution is 0.711. The molecule has 3 heterocycles. The van der Waals surface area contributed by atoms with Gasteiger partial charge in [-0.25, -0.2) is 4.98 Å². The van der Waals surface area contributed by atoms with Gasteiger partial charge in [-0.05, 0) is 63.1 Å². The monoisotopic (exact) mass is 480 g/mol. The fourth-order valence-electron chi connectivity index (χ4n) is 4.04. The maximum absolute atomic E-state index is 4.71. The van der Waals surface area contributed by atoms with E-state index in [-0.39, 0.29) is 0 Å². The van der Waals surface area contributed by atoms with Crippen molar-refractivity contribution in [3.8, 4) is 11.3 Å². The minimum absolute atomic E-state index is 0.925. The molecule has 0 bridgehead atoms. The van der Waals surface area contributed by atoms with Crippen LogP contribution in [0, 0.1) is 0 Å². The minimum Gasteiger partial charge on any atom is -0.344 e. The first-order chi connectivity index (χ1) is 17.0. The largest absolute Gasteiger partial charge is 0.344 e. The fourth-order valence-corrected chi connectivity index (χ4v) is 4.97. The third-order valence-electron chi connectivity index (χ3n) is 5.91.